The average molecular weight is 294 g/mol. The Balaban J connectivity index is 1.79. The van der Waals surface area contributed by atoms with Crippen LogP contribution in [0.2, 0.25) is 0 Å². The molecule has 0 aromatic heterocycles. The quantitative estimate of drug-likeness (QED) is 0.676. The first-order chi connectivity index (χ1) is 8.61. The first-order valence-corrected chi connectivity index (χ1v) is 9.72. The average Bonchev–Trinajstić information content (AvgIpc) is 2.41. The molecule has 3 aliphatic rings. The van der Waals surface area contributed by atoms with Gasteiger partial charge in [-0.15, -0.1) is 0 Å². The SMILES string of the molecule is CCCCC(CC)C[O][Ti]12[O]CC(C)(C[O]1)C[O]2. The second-order valence-corrected chi connectivity index (χ2v) is 9.27. The second-order valence-electron chi connectivity index (χ2n) is 5.90. The van der Waals surface area contributed by atoms with Crippen LogP contribution in [0, 0.1) is 11.3 Å². The molecule has 0 radical (unpaired) electrons. The molecule has 106 valence electrons. The van der Waals surface area contributed by atoms with Crippen LogP contribution >= 0.6 is 0 Å². The Labute approximate surface area is 116 Å². The summed E-state index contributed by atoms with van der Waals surface area (Å²) in [6.45, 7) is 9.51. The summed E-state index contributed by atoms with van der Waals surface area (Å²) in [5.74, 6) is 0.607. The fourth-order valence-corrected chi connectivity index (χ4v) is 6.21. The van der Waals surface area contributed by atoms with E-state index in [-0.39, 0.29) is 5.41 Å². The van der Waals surface area contributed by atoms with Gasteiger partial charge in [0.1, 0.15) is 0 Å². The molecular weight excluding hydrogens is 268 g/mol. The molecule has 5 heteroatoms. The van der Waals surface area contributed by atoms with Crippen molar-refractivity contribution in [3.8, 4) is 0 Å². The molecule has 0 aromatic carbocycles. The zero-order valence-electron chi connectivity index (χ0n) is 11.9. The van der Waals surface area contributed by atoms with Gasteiger partial charge < -0.3 is 0 Å². The molecule has 3 saturated heterocycles. The third-order valence-electron chi connectivity index (χ3n) is 3.83. The van der Waals surface area contributed by atoms with Crippen LogP contribution in [-0.2, 0) is 31.4 Å². The van der Waals surface area contributed by atoms with Gasteiger partial charge in [0.2, 0.25) is 0 Å². The van der Waals surface area contributed by atoms with Crippen molar-refractivity contribution in [1.82, 2.24) is 0 Å². The topological polar surface area (TPSA) is 36.9 Å². The fraction of sp³-hybridized carbons (Fsp3) is 1.00. The molecule has 18 heavy (non-hydrogen) atoms. The summed E-state index contributed by atoms with van der Waals surface area (Å²) in [6.07, 6.45) is 4.88. The van der Waals surface area contributed by atoms with Gasteiger partial charge in [0.05, 0.1) is 0 Å². The van der Waals surface area contributed by atoms with Gasteiger partial charge in [0.25, 0.3) is 0 Å². The summed E-state index contributed by atoms with van der Waals surface area (Å²) in [4.78, 5) is 0. The van der Waals surface area contributed by atoms with Gasteiger partial charge >= 0.3 is 116 Å². The first-order valence-electron chi connectivity index (χ1n) is 7.17. The van der Waals surface area contributed by atoms with Crippen LogP contribution in [-0.4, -0.2) is 26.4 Å². The summed E-state index contributed by atoms with van der Waals surface area (Å²) in [7, 11) is 0. The third kappa shape index (κ3) is 3.56. The van der Waals surface area contributed by atoms with Gasteiger partial charge in [-0.2, -0.15) is 0 Å². The molecule has 0 amide bonds. The van der Waals surface area contributed by atoms with Gasteiger partial charge in [-0.1, -0.05) is 0 Å². The second kappa shape index (κ2) is 6.34. The summed E-state index contributed by atoms with van der Waals surface area (Å²) < 4.78 is 23.3. The number of unbranched alkanes of at least 4 members (excludes halogenated alkanes) is 1. The van der Waals surface area contributed by atoms with E-state index in [1.54, 1.807) is 0 Å². The molecule has 1 atom stereocenters. The zero-order chi connectivity index (χ0) is 13.1. The number of hydrogen-bond acceptors (Lipinski definition) is 4. The van der Waals surface area contributed by atoms with E-state index >= 15 is 0 Å². The van der Waals surface area contributed by atoms with Gasteiger partial charge in [-0.25, -0.2) is 0 Å². The third-order valence-corrected chi connectivity index (χ3v) is 6.98. The number of fused-ring (bicyclic) bond motifs is 3. The zero-order valence-corrected chi connectivity index (χ0v) is 13.4. The molecule has 3 fully saturated rings. The number of rotatable bonds is 7. The molecule has 3 rings (SSSR count). The minimum atomic E-state index is -3.30. The van der Waals surface area contributed by atoms with E-state index in [1.807, 2.05) is 0 Å². The van der Waals surface area contributed by atoms with Crippen LogP contribution < -0.4 is 0 Å². The monoisotopic (exact) mass is 294 g/mol. The Morgan fingerprint density at radius 3 is 2.28 bits per heavy atom. The summed E-state index contributed by atoms with van der Waals surface area (Å²) in [5, 5.41) is 0. The summed E-state index contributed by atoms with van der Waals surface area (Å²) in [6, 6.07) is 0. The van der Waals surface area contributed by atoms with Gasteiger partial charge in [0, 0.05) is 0 Å². The van der Waals surface area contributed by atoms with E-state index in [0.29, 0.717) is 5.92 Å². The molecule has 0 spiro atoms. The van der Waals surface area contributed by atoms with Crippen LogP contribution in [0.15, 0.2) is 0 Å². The van der Waals surface area contributed by atoms with Crippen molar-refractivity contribution in [1.29, 1.82) is 0 Å². The molecule has 2 bridgehead atoms. The van der Waals surface area contributed by atoms with E-state index < -0.39 is 18.1 Å². The van der Waals surface area contributed by atoms with Crippen LogP contribution in [0.25, 0.3) is 0 Å². The van der Waals surface area contributed by atoms with E-state index in [4.69, 9.17) is 13.3 Å². The van der Waals surface area contributed by atoms with Gasteiger partial charge in [0.15, 0.2) is 0 Å². The molecule has 3 heterocycles. The van der Waals surface area contributed by atoms with E-state index in [0.717, 1.165) is 32.8 Å². The van der Waals surface area contributed by atoms with Crippen LogP contribution in [0.4, 0.5) is 0 Å². The Kier molecular flexibility index (Phi) is 5.26. The molecule has 3 aliphatic heterocycles. The Hall–Kier alpha value is 0.554. The Morgan fingerprint density at radius 1 is 1.17 bits per heavy atom. The van der Waals surface area contributed by atoms with E-state index in [1.165, 1.54) is 19.3 Å². The molecular formula is C13H26O4Ti. The number of hydrogen-bond donors (Lipinski definition) is 0. The molecule has 1 unspecified atom stereocenters. The fourth-order valence-electron chi connectivity index (χ4n) is 2.28. The molecule has 0 aliphatic carbocycles. The van der Waals surface area contributed by atoms with Crippen molar-refractivity contribution < 1.29 is 31.4 Å². The summed E-state index contributed by atoms with van der Waals surface area (Å²) >= 11 is -3.30. The minimum absolute atomic E-state index is 0.0444. The van der Waals surface area contributed by atoms with E-state index in [9.17, 15) is 0 Å². The van der Waals surface area contributed by atoms with Crippen LogP contribution in [0.5, 0.6) is 0 Å². The van der Waals surface area contributed by atoms with Crippen LogP contribution in [0.1, 0.15) is 46.5 Å². The van der Waals surface area contributed by atoms with E-state index in [2.05, 4.69) is 20.8 Å². The van der Waals surface area contributed by atoms with Crippen molar-refractivity contribution in [3.63, 3.8) is 0 Å². The van der Waals surface area contributed by atoms with Crippen molar-refractivity contribution >= 4 is 0 Å². The van der Waals surface area contributed by atoms with Gasteiger partial charge in [-0.05, 0) is 0 Å². The predicted molar refractivity (Wildman–Crippen MR) is 65.2 cm³/mol. The summed E-state index contributed by atoms with van der Waals surface area (Å²) in [5.41, 5.74) is 0.0444. The first kappa shape index (κ1) is 15.0. The maximum absolute atomic E-state index is 5.97. The predicted octanol–water partition coefficient (Wildman–Crippen LogP) is 3.12. The van der Waals surface area contributed by atoms with Crippen LogP contribution in [0.3, 0.4) is 0 Å². The molecule has 0 aromatic rings. The Bertz CT molecular complexity index is 247. The van der Waals surface area contributed by atoms with Crippen molar-refractivity contribution in [2.75, 3.05) is 26.4 Å². The standard InChI is InChI=1S/C8H17O.C5H9O3.Ti/c1-3-5-6-8(4-2)7-9;1-5(2-6,3-7)4-8;/h8H,3-7H2,1-2H3;2-4H2,1H3;/q-1;-3;+4. The molecule has 0 N–H and O–H groups in total. The normalized spacial score (nSPS) is 36.8. The maximum atomic E-state index is 5.97. The van der Waals surface area contributed by atoms with Crippen molar-refractivity contribution in [3.05, 3.63) is 0 Å². The van der Waals surface area contributed by atoms with Crippen molar-refractivity contribution in [2.24, 2.45) is 11.3 Å². The Morgan fingerprint density at radius 2 is 1.78 bits per heavy atom. The molecule has 0 saturated carbocycles. The molecule has 4 nitrogen and oxygen atoms in total. The van der Waals surface area contributed by atoms with Gasteiger partial charge in [-0.3, -0.25) is 0 Å². The van der Waals surface area contributed by atoms with Crippen molar-refractivity contribution in [2.45, 2.75) is 46.5 Å².